The maximum absolute atomic E-state index is 6.07. The summed E-state index contributed by atoms with van der Waals surface area (Å²) in [6.45, 7) is 4.09. The highest BCUT2D eigenvalue weighted by atomic mass is 16.5. The Morgan fingerprint density at radius 1 is 1.21 bits per heavy atom. The summed E-state index contributed by atoms with van der Waals surface area (Å²) >= 11 is 0. The van der Waals surface area contributed by atoms with E-state index in [-0.39, 0.29) is 12.1 Å². The molecule has 128 valence electrons. The first kappa shape index (κ1) is 16.8. The molecule has 2 aromatic heterocycles. The molecular formula is C18H24N4O2. The number of methoxy groups -OCH3 is 1. The monoisotopic (exact) mass is 328 g/mol. The van der Waals surface area contributed by atoms with Crippen molar-refractivity contribution in [2.45, 2.75) is 31.9 Å². The average molecular weight is 328 g/mol. The van der Waals surface area contributed by atoms with Crippen LogP contribution in [0, 0.1) is 6.92 Å². The Balaban J connectivity index is 1.77. The SMILES string of the molecule is COCCO[C@H]1CCN(c2ccc(C)nn2)[C@H]1Cc1cccnc1. The van der Waals surface area contributed by atoms with Crippen LogP contribution in [-0.4, -0.2) is 54.2 Å². The number of hydrogen-bond donors (Lipinski definition) is 0. The van der Waals surface area contributed by atoms with Crippen LogP contribution in [0.5, 0.6) is 0 Å². The van der Waals surface area contributed by atoms with E-state index in [1.54, 1.807) is 13.3 Å². The van der Waals surface area contributed by atoms with Gasteiger partial charge in [0.25, 0.3) is 0 Å². The predicted octanol–water partition coefficient (Wildman–Crippen LogP) is 2.03. The molecule has 24 heavy (non-hydrogen) atoms. The molecule has 0 unspecified atom stereocenters. The lowest BCUT2D eigenvalue weighted by Gasteiger charge is -2.29. The molecule has 0 bridgehead atoms. The maximum atomic E-state index is 6.07. The van der Waals surface area contributed by atoms with Crippen LogP contribution in [0.15, 0.2) is 36.7 Å². The summed E-state index contributed by atoms with van der Waals surface area (Å²) in [6.07, 6.45) is 5.73. The van der Waals surface area contributed by atoms with E-state index >= 15 is 0 Å². The van der Waals surface area contributed by atoms with Crippen molar-refractivity contribution >= 4 is 5.82 Å². The van der Waals surface area contributed by atoms with Crippen LogP contribution in [0.3, 0.4) is 0 Å². The van der Waals surface area contributed by atoms with E-state index in [4.69, 9.17) is 9.47 Å². The van der Waals surface area contributed by atoms with Crippen molar-refractivity contribution in [2.24, 2.45) is 0 Å². The number of nitrogens with zero attached hydrogens (tertiary/aromatic N) is 4. The number of pyridine rings is 1. The third kappa shape index (κ3) is 4.07. The van der Waals surface area contributed by atoms with Crippen molar-refractivity contribution in [3.05, 3.63) is 47.9 Å². The zero-order chi connectivity index (χ0) is 16.8. The van der Waals surface area contributed by atoms with E-state index < -0.39 is 0 Å². The normalized spacial score (nSPS) is 20.5. The molecule has 2 aromatic rings. The third-order valence-electron chi connectivity index (χ3n) is 4.35. The van der Waals surface area contributed by atoms with Crippen molar-refractivity contribution in [3.8, 4) is 0 Å². The fourth-order valence-corrected chi connectivity index (χ4v) is 3.13. The van der Waals surface area contributed by atoms with Crippen LogP contribution in [0.4, 0.5) is 5.82 Å². The number of aromatic nitrogens is 3. The standard InChI is InChI=1S/C18H24N4O2/c1-14-5-6-18(21-20-14)22-9-7-17(24-11-10-23-2)16(22)12-15-4-3-8-19-13-15/h3-6,8,13,16-17H,7,9-12H2,1-2H3/t16-,17-/m0/s1. The highest BCUT2D eigenvalue weighted by Crippen LogP contribution is 2.28. The second kappa shape index (κ2) is 8.17. The first-order chi connectivity index (χ1) is 11.8. The van der Waals surface area contributed by atoms with E-state index in [0.29, 0.717) is 13.2 Å². The topological polar surface area (TPSA) is 60.4 Å². The molecule has 1 aliphatic rings. The largest absolute Gasteiger partial charge is 0.382 e. The summed E-state index contributed by atoms with van der Waals surface area (Å²) in [5.41, 5.74) is 2.13. The predicted molar refractivity (Wildman–Crippen MR) is 92.1 cm³/mol. The Morgan fingerprint density at radius 3 is 2.83 bits per heavy atom. The number of hydrogen-bond acceptors (Lipinski definition) is 6. The molecule has 0 aromatic carbocycles. The molecule has 0 radical (unpaired) electrons. The van der Waals surface area contributed by atoms with Crippen molar-refractivity contribution in [2.75, 3.05) is 31.8 Å². The molecule has 3 heterocycles. The number of rotatable bonds is 7. The highest BCUT2D eigenvalue weighted by molar-refractivity contribution is 5.41. The van der Waals surface area contributed by atoms with Crippen LogP contribution in [0.1, 0.15) is 17.7 Å². The van der Waals surface area contributed by atoms with Gasteiger partial charge in [0.1, 0.15) is 0 Å². The number of aryl methyl sites for hydroxylation is 1. The van der Waals surface area contributed by atoms with Crippen LogP contribution in [0.25, 0.3) is 0 Å². The molecule has 1 fully saturated rings. The Morgan fingerprint density at radius 2 is 2.12 bits per heavy atom. The van der Waals surface area contributed by atoms with E-state index in [9.17, 15) is 0 Å². The van der Waals surface area contributed by atoms with Crippen molar-refractivity contribution in [1.82, 2.24) is 15.2 Å². The van der Waals surface area contributed by atoms with Gasteiger partial charge in [-0.3, -0.25) is 4.98 Å². The third-order valence-corrected chi connectivity index (χ3v) is 4.35. The van der Waals surface area contributed by atoms with Gasteiger partial charge in [-0.15, -0.1) is 5.10 Å². The molecule has 0 saturated carbocycles. The van der Waals surface area contributed by atoms with Gasteiger partial charge in [0.15, 0.2) is 5.82 Å². The average Bonchev–Trinajstić information content (AvgIpc) is 2.99. The quantitative estimate of drug-likeness (QED) is 0.725. The van der Waals surface area contributed by atoms with Crippen molar-refractivity contribution in [3.63, 3.8) is 0 Å². The zero-order valence-electron chi connectivity index (χ0n) is 14.3. The molecule has 2 atom stereocenters. The Labute approximate surface area is 142 Å². The second-order valence-electron chi connectivity index (χ2n) is 6.05. The molecule has 0 amide bonds. The summed E-state index contributed by atoms with van der Waals surface area (Å²) in [5.74, 6) is 0.910. The van der Waals surface area contributed by atoms with Crippen LogP contribution < -0.4 is 4.90 Å². The van der Waals surface area contributed by atoms with E-state index in [0.717, 1.165) is 30.9 Å². The van der Waals surface area contributed by atoms with Crippen LogP contribution in [0.2, 0.25) is 0 Å². The van der Waals surface area contributed by atoms with E-state index in [1.807, 2.05) is 31.3 Å². The minimum atomic E-state index is 0.156. The fourth-order valence-electron chi connectivity index (χ4n) is 3.13. The van der Waals surface area contributed by atoms with Gasteiger partial charge >= 0.3 is 0 Å². The summed E-state index contributed by atoms with van der Waals surface area (Å²) in [6, 6.07) is 8.35. The van der Waals surface area contributed by atoms with Gasteiger partial charge in [0.05, 0.1) is 31.1 Å². The minimum Gasteiger partial charge on any atom is -0.382 e. The van der Waals surface area contributed by atoms with Crippen molar-refractivity contribution < 1.29 is 9.47 Å². The van der Waals surface area contributed by atoms with E-state index in [1.165, 1.54) is 5.56 Å². The molecular weight excluding hydrogens is 304 g/mol. The summed E-state index contributed by atoms with van der Waals surface area (Å²) in [5, 5.41) is 8.56. The maximum Gasteiger partial charge on any atom is 0.151 e. The molecule has 1 aliphatic heterocycles. The van der Waals surface area contributed by atoms with Gasteiger partial charge in [0.2, 0.25) is 0 Å². The smallest absolute Gasteiger partial charge is 0.151 e. The first-order valence-electron chi connectivity index (χ1n) is 8.34. The number of anilines is 1. The molecule has 0 N–H and O–H groups in total. The van der Waals surface area contributed by atoms with Crippen LogP contribution in [-0.2, 0) is 15.9 Å². The second-order valence-corrected chi connectivity index (χ2v) is 6.05. The lowest BCUT2D eigenvalue weighted by atomic mass is 10.0. The van der Waals surface area contributed by atoms with Gasteiger partial charge in [-0.1, -0.05) is 6.07 Å². The van der Waals surface area contributed by atoms with Crippen LogP contribution >= 0.6 is 0 Å². The summed E-state index contributed by atoms with van der Waals surface area (Å²) in [4.78, 5) is 6.53. The van der Waals surface area contributed by atoms with Gasteiger partial charge in [-0.2, -0.15) is 5.10 Å². The lowest BCUT2D eigenvalue weighted by molar-refractivity contribution is 0.0137. The van der Waals surface area contributed by atoms with Gasteiger partial charge in [0, 0.05) is 26.0 Å². The van der Waals surface area contributed by atoms with Gasteiger partial charge in [-0.25, -0.2) is 0 Å². The molecule has 3 rings (SSSR count). The van der Waals surface area contributed by atoms with E-state index in [2.05, 4.69) is 26.1 Å². The first-order valence-corrected chi connectivity index (χ1v) is 8.34. The minimum absolute atomic E-state index is 0.156. The Bertz CT molecular complexity index is 621. The molecule has 0 spiro atoms. The molecule has 0 aliphatic carbocycles. The fraction of sp³-hybridized carbons (Fsp3) is 0.500. The van der Waals surface area contributed by atoms with Gasteiger partial charge < -0.3 is 14.4 Å². The summed E-state index contributed by atoms with van der Waals surface area (Å²) < 4.78 is 11.2. The molecule has 6 heteroatoms. The summed E-state index contributed by atoms with van der Waals surface area (Å²) in [7, 11) is 1.69. The molecule has 6 nitrogen and oxygen atoms in total. The number of ether oxygens (including phenoxy) is 2. The highest BCUT2D eigenvalue weighted by Gasteiger charge is 2.35. The van der Waals surface area contributed by atoms with Crippen molar-refractivity contribution in [1.29, 1.82) is 0 Å². The van der Waals surface area contributed by atoms with Gasteiger partial charge in [-0.05, 0) is 43.5 Å². The lowest BCUT2D eigenvalue weighted by Crippen LogP contribution is -2.39. The zero-order valence-corrected chi connectivity index (χ0v) is 14.3. The molecule has 1 saturated heterocycles. The Hall–Kier alpha value is -2.05. The Kier molecular flexibility index (Phi) is 5.72.